The lowest BCUT2D eigenvalue weighted by atomic mass is 9.88. The molecule has 3 N–H and O–H groups in total. The normalized spacial score (nSPS) is 23.1. The Bertz CT molecular complexity index is 459. The minimum atomic E-state index is -0.110. The van der Waals surface area contributed by atoms with Crippen molar-refractivity contribution >= 4 is 5.91 Å². The van der Waals surface area contributed by atoms with Crippen molar-refractivity contribution in [2.45, 2.75) is 20.3 Å². The first kappa shape index (κ1) is 13.9. The third kappa shape index (κ3) is 3.47. The first-order valence-electron chi connectivity index (χ1n) is 6.86. The number of phenols is 1. The fourth-order valence-corrected chi connectivity index (χ4v) is 2.45. The van der Waals surface area contributed by atoms with Gasteiger partial charge in [-0.05, 0) is 56.0 Å². The first-order valence-corrected chi connectivity index (χ1v) is 6.86. The van der Waals surface area contributed by atoms with Gasteiger partial charge in [-0.1, -0.05) is 13.0 Å². The number of hydrogen-bond acceptors (Lipinski definition) is 3. The second-order valence-electron chi connectivity index (χ2n) is 5.44. The van der Waals surface area contributed by atoms with Gasteiger partial charge in [0.05, 0.1) is 0 Å². The molecule has 0 spiro atoms. The van der Waals surface area contributed by atoms with Gasteiger partial charge >= 0.3 is 0 Å². The summed E-state index contributed by atoms with van der Waals surface area (Å²) in [6.45, 7) is 6.77. The molecule has 1 aliphatic rings. The van der Waals surface area contributed by atoms with E-state index in [9.17, 15) is 9.90 Å². The van der Waals surface area contributed by atoms with Crippen molar-refractivity contribution in [1.82, 2.24) is 10.6 Å². The van der Waals surface area contributed by atoms with Crippen molar-refractivity contribution in [2.75, 3.05) is 19.6 Å². The molecule has 0 saturated carbocycles. The molecule has 0 radical (unpaired) electrons. The number of piperidine rings is 1. The Hall–Kier alpha value is -1.55. The Morgan fingerprint density at radius 3 is 3.00 bits per heavy atom. The number of amides is 1. The highest BCUT2D eigenvalue weighted by atomic mass is 16.3. The molecule has 4 nitrogen and oxygen atoms in total. The number of rotatable bonds is 3. The molecule has 1 aromatic rings. The Morgan fingerprint density at radius 2 is 2.32 bits per heavy atom. The standard InChI is InChI=1S/C15H22N2O2/c1-10-3-4-12(7-14(10)18)15(19)17-9-13-5-6-16-8-11(13)2/h3-4,7,11,13,16,18H,5-6,8-9H2,1-2H3,(H,17,19). The highest BCUT2D eigenvalue weighted by Crippen LogP contribution is 2.19. The second-order valence-corrected chi connectivity index (χ2v) is 5.44. The summed E-state index contributed by atoms with van der Waals surface area (Å²) >= 11 is 0. The average Bonchev–Trinajstić information content (AvgIpc) is 2.40. The SMILES string of the molecule is Cc1ccc(C(=O)NCC2CCNCC2C)cc1O. The number of phenolic OH excluding ortho intramolecular Hbond substituents is 1. The number of aromatic hydroxyl groups is 1. The van der Waals surface area contributed by atoms with Crippen LogP contribution < -0.4 is 10.6 Å². The molecule has 1 amide bonds. The van der Waals surface area contributed by atoms with Crippen LogP contribution in [0.1, 0.15) is 29.3 Å². The highest BCUT2D eigenvalue weighted by molar-refractivity contribution is 5.94. The van der Waals surface area contributed by atoms with Crippen molar-refractivity contribution in [3.8, 4) is 5.75 Å². The topological polar surface area (TPSA) is 61.4 Å². The van der Waals surface area contributed by atoms with E-state index in [2.05, 4.69) is 17.6 Å². The van der Waals surface area contributed by atoms with Crippen LogP contribution in [0, 0.1) is 18.8 Å². The number of benzene rings is 1. The fourth-order valence-electron chi connectivity index (χ4n) is 2.45. The molecule has 104 valence electrons. The minimum absolute atomic E-state index is 0.110. The third-order valence-electron chi connectivity index (χ3n) is 3.96. The molecule has 0 aliphatic carbocycles. The number of hydrogen-bond donors (Lipinski definition) is 3. The van der Waals surface area contributed by atoms with E-state index in [4.69, 9.17) is 0 Å². The third-order valence-corrected chi connectivity index (χ3v) is 3.96. The molecule has 0 bridgehead atoms. The second kappa shape index (κ2) is 6.06. The van der Waals surface area contributed by atoms with Gasteiger partial charge in [0.15, 0.2) is 0 Å². The average molecular weight is 262 g/mol. The molecule has 19 heavy (non-hydrogen) atoms. The Morgan fingerprint density at radius 1 is 1.53 bits per heavy atom. The maximum absolute atomic E-state index is 12.0. The van der Waals surface area contributed by atoms with E-state index in [0.29, 0.717) is 23.9 Å². The summed E-state index contributed by atoms with van der Waals surface area (Å²) in [5, 5.41) is 15.9. The molecule has 1 aliphatic heterocycles. The maximum Gasteiger partial charge on any atom is 0.251 e. The zero-order valence-electron chi connectivity index (χ0n) is 11.6. The van der Waals surface area contributed by atoms with Gasteiger partial charge in [0, 0.05) is 12.1 Å². The van der Waals surface area contributed by atoms with E-state index in [0.717, 1.165) is 25.1 Å². The van der Waals surface area contributed by atoms with Crippen LogP contribution in [0.5, 0.6) is 5.75 Å². The summed E-state index contributed by atoms with van der Waals surface area (Å²) in [6.07, 6.45) is 1.10. The van der Waals surface area contributed by atoms with E-state index >= 15 is 0 Å². The van der Waals surface area contributed by atoms with E-state index in [1.54, 1.807) is 12.1 Å². The Labute approximate surface area is 114 Å². The number of carbonyl (C=O) groups excluding carboxylic acids is 1. The van der Waals surface area contributed by atoms with Crippen LogP contribution in [-0.2, 0) is 0 Å². The van der Waals surface area contributed by atoms with Crippen LogP contribution >= 0.6 is 0 Å². The number of nitrogens with one attached hydrogen (secondary N) is 2. The Kier molecular flexibility index (Phi) is 4.43. The van der Waals surface area contributed by atoms with Crippen LogP contribution in [0.3, 0.4) is 0 Å². The van der Waals surface area contributed by atoms with E-state index in [1.165, 1.54) is 6.07 Å². The van der Waals surface area contributed by atoms with Gasteiger partial charge < -0.3 is 15.7 Å². The van der Waals surface area contributed by atoms with Crippen LogP contribution in [0.15, 0.2) is 18.2 Å². The van der Waals surface area contributed by atoms with Gasteiger partial charge in [-0.2, -0.15) is 0 Å². The lowest BCUT2D eigenvalue weighted by molar-refractivity contribution is 0.0937. The fraction of sp³-hybridized carbons (Fsp3) is 0.533. The number of carbonyl (C=O) groups is 1. The van der Waals surface area contributed by atoms with E-state index in [1.807, 2.05) is 6.92 Å². The van der Waals surface area contributed by atoms with E-state index in [-0.39, 0.29) is 11.7 Å². The quantitative estimate of drug-likeness (QED) is 0.776. The van der Waals surface area contributed by atoms with Crippen molar-refractivity contribution in [3.05, 3.63) is 29.3 Å². The van der Waals surface area contributed by atoms with Crippen LogP contribution in [0.4, 0.5) is 0 Å². The molecule has 1 heterocycles. The molecule has 2 atom stereocenters. The lowest BCUT2D eigenvalue weighted by Gasteiger charge is -2.29. The van der Waals surface area contributed by atoms with Gasteiger partial charge in [0.1, 0.15) is 5.75 Å². The zero-order valence-corrected chi connectivity index (χ0v) is 11.6. The van der Waals surface area contributed by atoms with Crippen molar-refractivity contribution in [3.63, 3.8) is 0 Å². The molecular weight excluding hydrogens is 240 g/mol. The smallest absolute Gasteiger partial charge is 0.251 e. The lowest BCUT2D eigenvalue weighted by Crippen LogP contribution is -2.41. The molecular formula is C15H22N2O2. The zero-order chi connectivity index (χ0) is 13.8. The molecule has 1 aromatic carbocycles. The predicted octanol–water partition coefficient (Wildman–Crippen LogP) is 1.68. The molecule has 1 saturated heterocycles. The molecule has 0 aromatic heterocycles. The van der Waals surface area contributed by atoms with Gasteiger partial charge in [-0.25, -0.2) is 0 Å². The number of aryl methyl sites for hydroxylation is 1. The van der Waals surface area contributed by atoms with Crippen molar-refractivity contribution in [1.29, 1.82) is 0 Å². The molecule has 1 fully saturated rings. The van der Waals surface area contributed by atoms with Gasteiger partial charge in [-0.3, -0.25) is 4.79 Å². The van der Waals surface area contributed by atoms with Gasteiger partial charge in [0.2, 0.25) is 0 Å². The first-order chi connectivity index (χ1) is 9.08. The predicted molar refractivity (Wildman–Crippen MR) is 75.3 cm³/mol. The summed E-state index contributed by atoms with van der Waals surface area (Å²) < 4.78 is 0. The minimum Gasteiger partial charge on any atom is -0.508 e. The van der Waals surface area contributed by atoms with Crippen molar-refractivity contribution < 1.29 is 9.90 Å². The summed E-state index contributed by atoms with van der Waals surface area (Å²) in [5.74, 6) is 1.17. The highest BCUT2D eigenvalue weighted by Gasteiger charge is 2.21. The van der Waals surface area contributed by atoms with Crippen LogP contribution in [0.2, 0.25) is 0 Å². The largest absolute Gasteiger partial charge is 0.508 e. The summed E-state index contributed by atoms with van der Waals surface area (Å²) in [4.78, 5) is 12.0. The molecule has 4 heteroatoms. The van der Waals surface area contributed by atoms with Crippen LogP contribution in [0.25, 0.3) is 0 Å². The van der Waals surface area contributed by atoms with Crippen LogP contribution in [-0.4, -0.2) is 30.6 Å². The summed E-state index contributed by atoms with van der Waals surface area (Å²) in [6, 6.07) is 5.03. The van der Waals surface area contributed by atoms with Gasteiger partial charge in [-0.15, -0.1) is 0 Å². The van der Waals surface area contributed by atoms with Gasteiger partial charge in [0.25, 0.3) is 5.91 Å². The monoisotopic (exact) mass is 262 g/mol. The van der Waals surface area contributed by atoms with E-state index < -0.39 is 0 Å². The summed E-state index contributed by atoms with van der Waals surface area (Å²) in [5.41, 5.74) is 1.30. The Balaban J connectivity index is 1.91. The molecule has 2 rings (SSSR count). The maximum atomic E-state index is 12.0. The summed E-state index contributed by atoms with van der Waals surface area (Å²) in [7, 11) is 0. The van der Waals surface area contributed by atoms with Crippen molar-refractivity contribution in [2.24, 2.45) is 11.8 Å². The molecule has 2 unspecified atom stereocenters.